The molecular formula is C29H32N6O3. The summed E-state index contributed by atoms with van der Waals surface area (Å²) in [5.41, 5.74) is 9.52. The quantitative estimate of drug-likeness (QED) is 0.440. The van der Waals surface area contributed by atoms with Crippen LogP contribution in [0.15, 0.2) is 34.1 Å². The van der Waals surface area contributed by atoms with Crippen LogP contribution in [0.4, 0.5) is 0 Å². The maximum absolute atomic E-state index is 10.2. The number of aryl methyl sites for hydroxylation is 2. The first-order chi connectivity index (χ1) is 18.3. The van der Waals surface area contributed by atoms with Crippen LogP contribution in [0, 0.1) is 48.9 Å². The average Bonchev–Trinajstić information content (AvgIpc) is 3.51. The van der Waals surface area contributed by atoms with Crippen LogP contribution in [-0.2, 0) is 12.0 Å². The van der Waals surface area contributed by atoms with Gasteiger partial charge in [-0.25, -0.2) is 5.10 Å². The van der Waals surface area contributed by atoms with E-state index < -0.39 is 5.41 Å². The third-order valence-corrected chi connectivity index (χ3v) is 7.81. The average molecular weight is 513 g/mol. The summed E-state index contributed by atoms with van der Waals surface area (Å²) in [6.45, 7) is 7.64. The number of H-pyrrole nitrogens is 1. The standard InChI is InChI=1S/C29H32N6O3/c1-16(2)29(24(14-30)26(31)38-28-25(29)17(3)32-35-28)23-12-20(11-21(13-23)15-36)6-5-19-7-9-22(10-8-19)27-34-33-18(4)37-27/h11-13,16,19,22,36H,7-10,15,31H2,1-4H3,(H,32,35)/t19-,22-,29?. The molecule has 0 bridgehead atoms. The predicted octanol–water partition coefficient (Wildman–Crippen LogP) is 4.26. The lowest BCUT2D eigenvalue weighted by atomic mass is 9.61. The van der Waals surface area contributed by atoms with Crippen LogP contribution in [-0.4, -0.2) is 25.5 Å². The van der Waals surface area contributed by atoms with Gasteiger partial charge in [0.1, 0.15) is 11.6 Å². The molecule has 1 aromatic carbocycles. The van der Waals surface area contributed by atoms with Crippen molar-refractivity contribution < 1.29 is 14.3 Å². The number of ether oxygens (including phenoxy) is 1. The van der Waals surface area contributed by atoms with E-state index in [9.17, 15) is 10.4 Å². The summed E-state index contributed by atoms with van der Waals surface area (Å²) in [7, 11) is 0. The van der Waals surface area contributed by atoms with Crippen molar-refractivity contribution in [3.8, 4) is 23.8 Å². The monoisotopic (exact) mass is 512 g/mol. The van der Waals surface area contributed by atoms with E-state index in [1.165, 1.54) is 0 Å². The van der Waals surface area contributed by atoms with Gasteiger partial charge in [0.15, 0.2) is 0 Å². The molecule has 0 amide bonds. The third-order valence-electron chi connectivity index (χ3n) is 7.81. The lowest BCUT2D eigenvalue weighted by molar-refractivity contribution is 0.281. The summed E-state index contributed by atoms with van der Waals surface area (Å²) in [6, 6.07) is 8.15. The topological polar surface area (TPSA) is 147 Å². The molecule has 0 radical (unpaired) electrons. The molecule has 1 unspecified atom stereocenters. The van der Waals surface area contributed by atoms with Gasteiger partial charge in [-0.2, -0.15) is 10.4 Å². The summed E-state index contributed by atoms with van der Waals surface area (Å²) < 4.78 is 11.4. The van der Waals surface area contributed by atoms with E-state index in [0.717, 1.165) is 54.0 Å². The first-order valence-corrected chi connectivity index (χ1v) is 13.0. The van der Waals surface area contributed by atoms with E-state index in [4.69, 9.17) is 14.9 Å². The number of aliphatic hydroxyl groups excluding tert-OH is 1. The zero-order valence-electron chi connectivity index (χ0n) is 22.1. The van der Waals surface area contributed by atoms with Gasteiger partial charge in [-0.15, -0.1) is 10.2 Å². The van der Waals surface area contributed by atoms with Gasteiger partial charge in [0, 0.05) is 24.3 Å². The molecule has 2 aromatic heterocycles. The normalized spacial score (nSPS) is 22.9. The highest BCUT2D eigenvalue weighted by molar-refractivity contribution is 5.63. The van der Waals surface area contributed by atoms with Crippen LogP contribution < -0.4 is 10.5 Å². The molecule has 9 heteroatoms. The maximum atomic E-state index is 10.2. The van der Waals surface area contributed by atoms with E-state index in [1.807, 2.05) is 45.9 Å². The Kier molecular flexibility index (Phi) is 6.73. The molecule has 4 N–H and O–H groups in total. The van der Waals surface area contributed by atoms with Gasteiger partial charge in [0.05, 0.1) is 23.3 Å². The van der Waals surface area contributed by atoms with Crippen molar-refractivity contribution in [1.82, 2.24) is 20.4 Å². The van der Waals surface area contributed by atoms with Crippen molar-refractivity contribution >= 4 is 0 Å². The van der Waals surface area contributed by atoms with Gasteiger partial charge in [-0.1, -0.05) is 31.8 Å². The fraction of sp³-hybridized carbons (Fsp3) is 0.448. The molecule has 38 heavy (non-hydrogen) atoms. The molecule has 9 nitrogen and oxygen atoms in total. The van der Waals surface area contributed by atoms with E-state index in [2.05, 4.69) is 38.3 Å². The van der Waals surface area contributed by atoms with E-state index in [1.54, 1.807) is 0 Å². The minimum Gasteiger partial charge on any atom is -0.425 e. The van der Waals surface area contributed by atoms with Crippen LogP contribution in [0.3, 0.4) is 0 Å². The minimum absolute atomic E-state index is 0.0487. The molecule has 5 rings (SSSR count). The van der Waals surface area contributed by atoms with Crippen molar-refractivity contribution in [3.05, 3.63) is 69.4 Å². The molecule has 2 aliphatic rings. The third kappa shape index (κ3) is 4.23. The number of hydrogen-bond acceptors (Lipinski definition) is 8. The molecular weight excluding hydrogens is 480 g/mol. The van der Waals surface area contributed by atoms with Crippen LogP contribution in [0.5, 0.6) is 5.88 Å². The number of nitrogens with zero attached hydrogens (tertiary/aromatic N) is 4. The molecule has 1 fully saturated rings. The Balaban J connectivity index is 1.52. The second-order valence-electron chi connectivity index (χ2n) is 10.5. The van der Waals surface area contributed by atoms with Crippen LogP contribution in [0.2, 0.25) is 0 Å². The van der Waals surface area contributed by atoms with Crippen molar-refractivity contribution in [3.63, 3.8) is 0 Å². The number of fused-ring (bicyclic) bond motifs is 1. The Morgan fingerprint density at radius 1 is 1.18 bits per heavy atom. The van der Waals surface area contributed by atoms with Crippen LogP contribution >= 0.6 is 0 Å². The molecule has 1 aliphatic carbocycles. The first kappa shape index (κ1) is 25.6. The number of nitriles is 1. The zero-order valence-corrected chi connectivity index (χ0v) is 22.1. The number of aromatic amines is 1. The fourth-order valence-corrected chi connectivity index (χ4v) is 6.00. The summed E-state index contributed by atoms with van der Waals surface area (Å²) in [5.74, 6) is 9.08. The number of aromatic nitrogens is 4. The van der Waals surface area contributed by atoms with Crippen molar-refractivity contribution in [2.24, 2.45) is 17.6 Å². The highest BCUT2D eigenvalue weighted by Crippen LogP contribution is 2.52. The summed E-state index contributed by atoms with van der Waals surface area (Å²) in [5, 5.41) is 35.8. The molecule has 1 atom stereocenters. The molecule has 0 saturated heterocycles. The Labute approximate surface area is 222 Å². The molecule has 0 spiro atoms. The van der Waals surface area contributed by atoms with Crippen molar-refractivity contribution in [2.45, 2.75) is 71.3 Å². The number of nitrogens with one attached hydrogen (secondary N) is 1. The van der Waals surface area contributed by atoms with E-state index in [0.29, 0.717) is 22.9 Å². The van der Waals surface area contributed by atoms with Gasteiger partial charge in [0.2, 0.25) is 23.5 Å². The Bertz CT molecular complexity index is 1490. The highest BCUT2D eigenvalue weighted by Gasteiger charge is 2.50. The van der Waals surface area contributed by atoms with Crippen LogP contribution in [0.1, 0.15) is 85.2 Å². The molecule has 3 heterocycles. The number of benzene rings is 1. The van der Waals surface area contributed by atoms with E-state index in [-0.39, 0.29) is 30.2 Å². The molecule has 196 valence electrons. The molecule has 1 aliphatic heterocycles. The Morgan fingerprint density at radius 3 is 2.58 bits per heavy atom. The summed E-state index contributed by atoms with van der Waals surface area (Å²) >= 11 is 0. The van der Waals surface area contributed by atoms with Gasteiger partial charge in [0.25, 0.3) is 0 Å². The second-order valence-corrected chi connectivity index (χ2v) is 10.5. The van der Waals surface area contributed by atoms with Gasteiger partial charge >= 0.3 is 0 Å². The lowest BCUT2D eigenvalue weighted by Crippen LogP contribution is -2.41. The summed E-state index contributed by atoms with van der Waals surface area (Å²) in [4.78, 5) is 0. The van der Waals surface area contributed by atoms with Gasteiger partial charge in [-0.05, 0) is 61.8 Å². The Hall–Kier alpha value is -4.08. The van der Waals surface area contributed by atoms with Crippen LogP contribution in [0.25, 0.3) is 0 Å². The molecule has 3 aromatic rings. The molecule has 1 saturated carbocycles. The first-order valence-electron chi connectivity index (χ1n) is 13.0. The largest absolute Gasteiger partial charge is 0.425 e. The second kappa shape index (κ2) is 10.00. The fourth-order valence-electron chi connectivity index (χ4n) is 6.00. The van der Waals surface area contributed by atoms with Gasteiger partial charge in [-0.3, -0.25) is 0 Å². The number of hydrogen-bond donors (Lipinski definition) is 3. The highest BCUT2D eigenvalue weighted by atomic mass is 16.5. The van der Waals surface area contributed by atoms with Gasteiger partial charge < -0.3 is 20.0 Å². The van der Waals surface area contributed by atoms with Crippen molar-refractivity contribution in [1.29, 1.82) is 5.26 Å². The zero-order chi connectivity index (χ0) is 27.0. The summed E-state index contributed by atoms with van der Waals surface area (Å²) in [6.07, 6.45) is 3.82. The van der Waals surface area contributed by atoms with E-state index >= 15 is 0 Å². The number of nitrogens with two attached hydrogens (primary N) is 1. The Morgan fingerprint density at radius 2 is 1.95 bits per heavy atom. The predicted molar refractivity (Wildman–Crippen MR) is 139 cm³/mol. The number of allylic oxidation sites excluding steroid dienone is 1. The lowest BCUT2D eigenvalue weighted by Gasteiger charge is -2.41. The number of rotatable bonds is 4. The maximum Gasteiger partial charge on any atom is 0.222 e. The van der Waals surface area contributed by atoms with Crippen molar-refractivity contribution in [2.75, 3.05) is 0 Å². The SMILES string of the molecule is Cc1nnc([C@H]2CC[C@H](C#Cc3cc(CO)cc(C4(C(C)C)C(C#N)=C(N)Oc5[nH]nc(C)c54)c3)CC2)o1. The number of aliphatic hydroxyl groups is 1. The minimum atomic E-state index is -0.911. The smallest absolute Gasteiger partial charge is 0.222 e.